The van der Waals surface area contributed by atoms with E-state index in [9.17, 15) is 19.1 Å². The quantitative estimate of drug-likeness (QED) is 0.254. The Morgan fingerprint density at radius 3 is 2.48 bits per heavy atom. The van der Waals surface area contributed by atoms with E-state index in [2.05, 4.69) is 11.5 Å². The summed E-state index contributed by atoms with van der Waals surface area (Å²) in [5, 5.41) is 11.1. The summed E-state index contributed by atoms with van der Waals surface area (Å²) < 4.78 is 19.5. The van der Waals surface area contributed by atoms with Crippen LogP contribution in [0.5, 0.6) is 5.75 Å². The summed E-state index contributed by atoms with van der Waals surface area (Å²) in [5.74, 6) is -1.70. The maximum atomic E-state index is 14.1. The molecule has 3 rings (SSSR count). The van der Waals surface area contributed by atoms with Gasteiger partial charge in [-0.25, -0.2) is 4.39 Å². The summed E-state index contributed by atoms with van der Waals surface area (Å²) in [6.07, 6.45) is 1.62. The number of amides is 1. The zero-order valence-electron chi connectivity index (χ0n) is 19.0. The highest BCUT2D eigenvalue weighted by Gasteiger charge is 2.46. The molecule has 0 aliphatic carbocycles. The maximum Gasteiger partial charge on any atom is 0.295 e. The molecule has 6 nitrogen and oxygen atoms in total. The Labute approximate surface area is 193 Å². The molecule has 1 N–H and O–H groups in total. The van der Waals surface area contributed by atoms with Crippen molar-refractivity contribution in [2.24, 2.45) is 0 Å². The molecule has 7 heteroatoms. The van der Waals surface area contributed by atoms with Crippen LogP contribution in [0.4, 0.5) is 4.39 Å². The first kappa shape index (κ1) is 24.2. The van der Waals surface area contributed by atoms with Crippen molar-refractivity contribution in [2.75, 3.05) is 32.8 Å². The number of nitrogens with zero attached hydrogens (tertiary/aromatic N) is 2. The predicted molar refractivity (Wildman–Crippen MR) is 125 cm³/mol. The van der Waals surface area contributed by atoms with Crippen LogP contribution < -0.4 is 4.74 Å². The lowest BCUT2D eigenvalue weighted by Crippen LogP contribution is -2.38. The average Bonchev–Trinajstić information content (AvgIpc) is 3.08. The van der Waals surface area contributed by atoms with Gasteiger partial charge in [0.1, 0.15) is 23.9 Å². The molecular formula is C26H29FN2O4. The second-order valence-corrected chi connectivity index (χ2v) is 7.70. The fourth-order valence-electron chi connectivity index (χ4n) is 3.94. The highest BCUT2D eigenvalue weighted by Crippen LogP contribution is 2.39. The number of carbonyl (C=O) groups excluding carboxylic acids is 2. The van der Waals surface area contributed by atoms with Gasteiger partial charge >= 0.3 is 0 Å². The minimum absolute atomic E-state index is 0.0510. The molecule has 1 aliphatic rings. The van der Waals surface area contributed by atoms with Crippen molar-refractivity contribution in [3.8, 4) is 5.75 Å². The van der Waals surface area contributed by atoms with E-state index in [0.29, 0.717) is 30.0 Å². The fourth-order valence-corrected chi connectivity index (χ4v) is 3.94. The monoisotopic (exact) mass is 452 g/mol. The van der Waals surface area contributed by atoms with Crippen molar-refractivity contribution in [3.05, 3.63) is 83.7 Å². The molecule has 0 aromatic heterocycles. The van der Waals surface area contributed by atoms with Crippen LogP contribution in [0.1, 0.15) is 31.0 Å². The number of benzene rings is 2. The van der Waals surface area contributed by atoms with Crippen LogP contribution in [-0.4, -0.2) is 59.4 Å². The second kappa shape index (κ2) is 10.9. The maximum absolute atomic E-state index is 14.1. The molecule has 0 spiro atoms. The second-order valence-electron chi connectivity index (χ2n) is 7.70. The van der Waals surface area contributed by atoms with E-state index in [1.54, 1.807) is 36.4 Å². The summed E-state index contributed by atoms with van der Waals surface area (Å²) in [6.45, 7) is 10.4. The largest absolute Gasteiger partial charge is 0.507 e. The normalized spacial score (nSPS) is 17.6. The van der Waals surface area contributed by atoms with Crippen LogP contribution >= 0.6 is 0 Å². The SMILES string of the molecule is C=CCOc1ccc(/C(O)=C2/C(=O)C(=O)N(CCN(CC)CC)C2c2cccc(F)c2)cc1. The average molecular weight is 453 g/mol. The van der Waals surface area contributed by atoms with Crippen LogP contribution in [0.25, 0.3) is 5.76 Å². The number of carbonyl (C=O) groups is 2. The van der Waals surface area contributed by atoms with Crippen molar-refractivity contribution >= 4 is 17.4 Å². The lowest BCUT2D eigenvalue weighted by Gasteiger charge is -2.28. The van der Waals surface area contributed by atoms with Crippen LogP contribution in [0.2, 0.25) is 0 Å². The van der Waals surface area contributed by atoms with Crippen molar-refractivity contribution in [3.63, 3.8) is 0 Å². The van der Waals surface area contributed by atoms with Gasteiger partial charge in [-0.1, -0.05) is 38.6 Å². The molecule has 1 atom stereocenters. The third kappa shape index (κ3) is 5.31. The van der Waals surface area contributed by atoms with Gasteiger partial charge in [-0.3, -0.25) is 9.59 Å². The number of halogens is 1. The molecule has 33 heavy (non-hydrogen) atoms. The Morgan fingerprint density at radius 1 is 1.18 bits per heavy atom. The van der Waals surface area contributed by atoms with Crippen LogP contribution in [0, 0.1) is 5.82 Å². The zero-order valence-corrected chi connectivity index (χ0v) is 19.0. The minimum Gasteiger partial charge on any atom is -0.507 e. The number of aliphatic hydroxyl groups is 1. The van der Waals surface area contributed by atoms with Gasteiger partial charge in [-0.05, 0) is 55.1 Å². The minimum atomic E-state index is -0.882. The zero-order chi connectivity index (χ0) is 24.0. The van der Waals surface area contributed by atoms with E-state index in [4.69, 9.17) is 4.74 Å². The Morgan fingerprint density at radius 2 is 1.88 bits per heavy atom. The molecule has 1 fully saturated rings. The van der Waals surface area contributed by atoms with Crippen molar-refractivity contribution in [1.29, 1.82) is 0 Å². The van der Waals surface area contributed by atoms with Gasteiger partial charge in [0.25, 0.3) is 11.7 Å². The molecule has 1 saturated heterocycles. The van der Waals surface area contributed by atoms with E-state index >= 15 is 0 Å². The number of hydrogen-bond acceptors (Lipinski definition) is 5. The summed E-state index contributed by atoms with van der Waals surface area (Å²) in [5.41, 5.74) is 0.746. The number of Topliss-reactive ketones (excluding diaryl/α,β-unsaturated/α-hetero) is 1. The smallest absolute Gasteiger partial charge is 0.295 e. The number of likely N-dealkylation sites (tertiary alicyclic amines) is 1. The molecule has 1 heterocycles. The summed E-state index contributed by atoms with van der Waals surface area (Å²) >= 11 is 0. The Bertz CT molecular complexity index is 1040. The summed E-state index contributed by atoms with van der Waals surface area (Å²) in [7, 11) is 0. The molecule has 0 bridgehead atoms. The Balaban J connectivity index is 2.04. The van der Waals surface area contributed by atoms with Crippen molar-refractivity contribution in [2.45, 2.75) is 19.9 Å². The standard InChI is InChI=1S/C26H29FN2O4/c1-4-16-33-21-12-10-18(11-13-21)24(30)22-23(19-8-7-9-20(27)17-19)29(26(32)25(22)31)15-14-28(5-2)6-3/h4,7-13,17,23,30H,1,5-6,14-16H2,2-3H3/b24-22-. The third-order valence-electron chi connectivity index (χ3n) is 5.75. The van der Waals surface area contributed by atoms with E-state index < -0.39 is 23.5 Å². The van der Waals surface area contributed by atoms with Crippen molar-refractivity contribution in [1.82, 2.24) is 9.80 Å². The van der Waals surface area contributed by atoms with Gasteiger partial charge in [0.2, 0.25) is 0 Å². The van der Waals surface area contributed by atoms with Gasteiger partial charge in [0, 0.05) is 18.7 Å². The van der Waals surface area contributed by atoms with Crippen molar-refractivity contribution < 1.29 is 23.8 Å². The van der Waals surface area contributed by atoms with E-state index in [1.807, 2.05) is 13.8 Å². The molecule has 2 aromatic carbocycles. The van der Waals surface area contributed by atoms with Gasteiger partial charge in [-0.15, -0.1) is 0 Å². The van der Waals surface area contributed by atoms with Gasteiger partial charge in [-0.2, -0.15) is 0 Å². The van der Waals surface area contributed by atoms with Gasteiger partial charge in [0.15, 0.2) is 0 Å². The first-order valence-electron chi connectivity index (χ1n) is 11.0. The number of ketones is 1. The van der Waals surface area contributed by atoms with E-state index in [-0.39, 0.29) is 17.9 Å². The molecule has 0 saturated carbocycles. The topological polar surface area (TPSA) is 70.1 Å². The Kier molecular flexibility index (Phi) is 8.01. The lowest BCUT2D eigenvalue weighted by molar-refractivity contribution is -0.140. The molecule has 1 unspecified atom stereocenters. The molecule has 2 aromatic rings. The van der Waals surface area contributed by atoms with Crippen LogP contribution in [0.3, 0.4) is 0 Å². The number of hydrogen-bond donors (Lipinski definition) is 1. The number of aliphatic hydroxyl groups excluding tert-OH is 1. The lowest BCUT2D eigenvalue weighted by atomic mass is 9.95. The van der Waals surface area contributed by atoms with Crippen LogP contribution in [0.15, 0.2) is 66.8 Å². The number of likely N-dealkylation sites (N-methyl/N-ethyl adjacent to an activating group) is 1. The van der Waals surface area contributed by atoms with Crippen LogP contribution in [-0.2, 0) is 9.59 Å². The number of ether oxygens (including phenoxy) is 1. The predicted octanol–water partition coefficient (Wildman–Crippen LogP) is 4.15. The molecule has 1 amide bonds. The molecule has 1 aliphatic heterocycles. The highest BCUT2D eigenvalue weighted by atomic mass is 19.1. The molecule has 174 valence electrons. The Hall–Kier alpha value is -3.45. The summed E-state index contributed by atoms with van der Waals surface area (Å²) in [6, 6.07) is 11.4. The fraction of sp³-hybridized carbons (Fsp3) is 0.308. The number of rotatable bonds is 10. The van der Waals surface area contributed by atoms with E-state index in [1.165, 1.54) is 23.1 Å². The van der Waals surface area contributed by atoms with E-state index in [0.717, 1.165) is 13.1 Å². The summed E-state index contributed by atoms with van der Waals surface area (Å²) in [4.78, 5) is 29.6. The van der Waals surface area contributed by atoms with Gasteiger partial charge in [0.05, 0.1) is 11.6 Å². The first-order chi connectivity index (χ1) is 15.9. The third-order valence-corrected chi connectivity index (χ3v) is 5.75. The molecule has 0 radical (unpaired) electrons. The molecular weight excluding hydrogens is 423 g/mol. The first-order valence-corrected chi connectivity index (χ1v) is 11.0. The highest BCUT2D eigenvalue weighted by molar-refractivity contribution is 6.46. The van der Waals surface area contributed by atoms with Gasteiger partial charge < -0.3 is 19.6 Å².